The van der Waals surface area contributed by atoms with Crippen LogP contribution in [-0.4, -0.2) is 24.2 Å². The Hall–Kier alpha value is -0.450. The van der Waals surface area contributed by atoms with E-state index in [4.69, 9.17) is 9.72 Å². The molecule has 0 bridgehead atoms. The third kappa shape index (κ3) is 4.55. The van der Waals surface area contributed by atoms with E-state index in [9.17, 15) is 0 Å². The Morgan fingerprint density at radius 1 is 1.37 bits per heavy atom. The molecule has 1 N–H and O–H groups in total. The molecule has 19 heavy (non-hydrogen) atoms. The summed E-state index contributed by atoms with van der Waals surface area (Å²) in [5.74, 6) is 0. The van der Waals surface area contributed by atoms with Crippen molar-refractivity contribution < 1.29 is 4.74 Å². The third-order valence-electron chi connectivity index (χ3n) is 3.25. The maximum Gasteiger partial charge on any atom is 0.0954 e. The van der Waals surface area contributed by atoms with Crippen LogP contribution in [0, 0.1) is 0 Å². The normalized spacial score (nSPS) is 16.0. The minimum atomic E-state index is 0.126. The molecule has 0 atom stereocenters. The summed E-state index contributed by atoms with van der Waals surface area (Å²) in [4.78, 5) is 6.26. The first-order chi connectivity index (χ1) is 9.00. The van der Waals surface area contributed by atoms with Crippen molar-refractivity contribution in [3.05, 3.63) is 15.6 Å². The van der Waals surface area contributed by atoms with Gasteiger partial charge in [0.25, 0.3) is 0 Å². The van der Waals surface area contributed by atoms with E-state index < -0.39 is 0 Å². The second-order valence-corrected chi connectivity index (χ2v) is 7.40. The average Bonchev–Trinajstić information content (AvgIpc) is 3.06. The van der Waals surface area contributed by atoms with Gasteiger partial charge in [-0.3, -0.25) is 0 Å². The monoisotopic (exact) mass is 282 g/mol. The Kier molecular flexibility index (Phi) is 4.98. The molecule has 1 heterocycles. The summed E-state index contributed by atoms with van der Waals surface area (Å²) in [5.41, 5.74) is 1.39. The Balaban J connectivity index is 2.03. The number of nitrogens with one attached hydrogen (secondary N) is 1. The molecule has 0 saturated heterocycles. The molecule has 3 nitrogen and oxygen atoms in total. The van der Waals surface area contributed by atoms with Gasteiger partial charge in [-0.1, -0.05) is 20.8 Å². The zero-order valence-electron chi connectivity index (χ0n) is 12.6. The Morgan fingerprint density at radius 3 is 2.68 bits per heavy atom. The van der Waals surface area contributed by atoms with Crippen molar-refractivity contribution in [3.8, 4) is 0 Å². The number of hydrogen-bond acceptors (Lipinski definition) is 4. The zero-order valence-corrected chi connectivity index (χ0v) is 13.4. The first-order valence-corrected chi connectivity index (χ1v) is 8.12. The molecule has 1 aromatic rings. The Labute approximate surface area is 120 Å². The molecule has 1 saturated carbocycles. The van der Waals surface area contributed by atoms with Gasteiger partial charge in [-0.25, -0.2) is 4.98 Å². The van der Waals surface area contributed by atoms with Crippen molar-refractivity contribution in [1.29, 1.82) is 0 Å². The van der Waals surface area contributed by atoms with Crippen LogP contribution in [0.5, 0.6) is 0 Å². The lowest BCUT2D eigenvalue weighted by Crippen LogP contribution is -2.20. The maximum atomic E-state index is 5.43. The largest absolute Gasteiger partial charge is 0.381 e. The summed E-state index contributed by atoms with van der Waals surface area (Å²) in [6, 6.07) is 0.752. The van der Waals surface area contributed by atoms with Gasteiger partial charge < -0.3 is 10.1 Å². The van der Waals surface area contributed by atoms with Gasteiger partial charge in [0, 0.05) is 35.9 Å². The summed E-state index contributed by atoms with van der Waals surface area (Å²) in [6.45, 7) is 11.3. The van der Waals surface area contributed by atoms with Crippen LogP contribution in [0.4, 0.5) is 0 Å². The molecule has 1 fully saturated rings. The molecule has 4 heteroatoms. The van der Waals surface area contributed by atoms with Crippen LogP contribution in [0.15, 0.2) is 0 Å². The van der Waals surface area contributed by atoms with Crippen molar-refractivity contribution in [2.75, 3.05) is 13.2 Å². The van der Waals surface area contributed by atoms with Gasteiger partial charge in [-0.05, 0) is 19.8 Å². The Bertz CT molecular complexity index is 405. The summed E-state index contributed by atoms with van der Waals surface area (Å²) in [6.07, 6.45) is 3.60. The summed E-state index contributed by atoms with van der Waals surface area (Å²) in [5, 5.41) is 4.82. The molecule has 2 rings (SSSR count). The van der Waals surface area contributed by atoms with Crippen molar-refractivity contribution >= 4 is 11.3 Å². The molecule has 0 spiro atoms. The van der Waals surface area contributed by atoms with Crippen LogP contribution in [0.2, 0.25) is 0 Å². The lowest BCUT2D eigenvalue weighted by atomic mass is 9.91. The summed E-state index contributed by atoms with van der Waals surface area (Å²) < 4.78 is 5.43. The summed E-state index contributed by atoms with van der Waals surface area (Å²) >= 11 is 1.85. The molecule has 1 aliphatic carbocycles. The maximum absolute atomic E-state index is 5.43. The number of nitrogens with zero attached hydrogens (tertiary/aromatic N) is 1. The van der Waals surface area contributed by atoms with Crippen LogP contribution in [0.1, 0.15) is 56.1 Å². The minimum Gasteiger partial charge on any atom is -0.381 e. The fourth-order valence-electron chi connectivity index (χ4n) is 2.04. The van der Waals surface area contributed by atoms with E-state index in [-0.39, 0.29) is 5.41 Å². The molecular weight excluding hydrogens is 256 g/mol. The van der Waals surface area contributed by atoms with Gasteiger partial charge in [0.15, 0.2) is 0 Å². The van der Waals surface area contributed by atoms with Gasteiger partial charge in [-0.2, -0.15) is 0 Å². The van der Waals surface area contributed by atoms with E-state index >= 15 is 0 Å². The first-order valence-electron chi connectivity index (χ1n) is 7.31. The molecule has 0 aromatic carbocycles. The van der Waals surface area contributed by atoms with Gasteiger partial charge in [0.05, 0.1) is 17.3 Å². The predicted molar refractivity (Wildman–Crippen MR) is 80.9 cm³/mol. The number of aromatic nitrogens is 1. The molecule has 0 amide bonds. The standard InChI is InChI=1S/C15H26N2OS/c1-5-18-9-8-13-17-14(15(2,3)4)12(19-13)10-16-11-6-7-11/h11,16H,5-10H2,1-4H3. The van der Waals surface area contributed by atoms with E-state index in [0.29, 0.717) is 0 Å². The highest BCUT2D eigenvalue weighted by molar-refractivity contribution is 7.11. The van der Waals surface area contributed by atoms with Crippen LogP contribution < -0.4 is 5.32 Å². The van der Waals surface area contributed by atoms with Crippen molar-refractivity contribution in [1.82, 2.24) is 10.3 Å². The fraction of sp³-hybridized carbons (Fsp3) is 0.800. The van der Waals surface area contributed by atoms with Crippen LogP contribution in [-0.2, 0) is 23.1 Å². The van der Waals surface area contributed by atoms with E-state index in [1.807, 2.05) is 18.3 Å². The van der Waals surface area contributed by atoms with Crippen molar-refractivity contribution in [2.24, 2.45) is 0 Å². The van der Waals surface area contributed by atoms with Crippen LogP contribution in [0.3, 0.4) is 0 Å². The number of rotatable bonds is 7. The topological polar surface area (TPSA) is 34.1 Å². The molecule has 1 aromatic heterocycles. The smallest absolute Gasteiger partial charge is 0.0954 e. The SMILES string of the molecule is CCOCCc1nc(C(C)(C)C)c(CNC2CC2)s1. The summed E-state index contributed by atoms with van der Waals surface area (Å²) in [7, 11) is 0. The van der Waals surface area contributed by atoms with E-state index in [1.54, 1.807) is 0 Å². The van der Waals surface area contributed by atoms with Gasteiger partial charge >= 0.3 is 0 Å². The lowest BCUT2D eigenvalue weighted by molar-refractivity contribution is 0.151. The second kappa shape index (κ2) is 6.33. The van der Waals surface area contributed by atoms with Crippen molar-refractivity contribution in [2.45, 2.75) is 65.0 Å². The molecule has 1 aliphatic rings. The average molecular weight is 282 g/mol. The van der Waals surface area contributed by atoms with Gasteiger partial charge in [0.1, 0.15) is 0 Å². The third-order valence-corrected chi connectivity index (χ3v) is 4.36. The van der Waals surface area contributed by atoms with Crippen LogP contribution >= 0.6 is 11.3 Å². The molecule has 0 aliphatic heterocycles. The number of thiazole rings is 1. The molecule has 0 radical (unpaired) electrons. The number of ether oxygens (including phenoxy) is 1. The van der Waals surface area contributed by atoms with E-state index in [2.05, 4.69) is 26.1 Å². The predicted octanol–water partition coefficient (Wildman–Crippen LogP) is 3.27. The van der Waals surface area contributed by atoms with E-state index in [0.717, 1.165) is 32.2 Å². The fourth-order valence-corrected chi connectivity index (χ4v) is 3.25. The molecular formula is C15H26N2OS. The molecule has 108 valence electrons. The Morgan fingerprint density at radius 2 is 2.11 bits per heavy atom. The quantitative estimate of drug-likeness (QED) is 0.779. The van der Waals surface area contributed by atoms with Crippen molar-refractivity contribution in [3.63, 3.8) is 0 Å². The lowest BCUT2D eigenvalue weighted by Gasteiger charge is -2.17. The molecule has 0 unspecified atom stereocenters. The number of hydrogen-bond donors (Lipinski definition) is 1. The van der Waals surface area contributed by atoms with Crippen LogP contribution in [0.25, 0.3) is 0 Å². The zero-order chi connectivity index (χ0) is 13.9. The van der Waals surface area contributed by atoms with E-state index in [1.165, 1.54) is 28.4 Å². The highest BCUT2D eigenvalue weighted by Gasteiger charge is 2.25. The second-order valence-electron chi connectivity index (χ2n) is 6.23. The minimum absolute atomic E-state index is 0.126. The van der Waals surface area contributed by atoms with Gasteiger partial charge in [0.2, 0.25) is 0 Å². The van der Waals surface area contributed by atoms with Gasteiger partial charge in [-0.15, -0.1) is 11.3 Å². The highest BCUT2D eigenvalue weighted by atomic mass is 32.1. The highest BCUT2D eigenvalue weighted by Crippen LogP contribution is 2.30. The first kappa shape index (κ1) is 14.9.